The van der Waals surface area contributed by atoms with Crippen LogP contribution in [-0.2, 0) is 0 Å². The number of hydrogen-bond acceptors (Lipinski definition) is 4. The number of hydrogen-bond donors (Lipinski definition) is 3. The molecule has 0 aromatic carbocycles. The standard InChI is InChI=1S/C14H21N3O2S/c1-9-7-8-11(20-9)14(18)16-12(13(15)17-19)10-5-3-2-4-6-10/h7-8,10,12,19H,2-6H2,1H3,(H2,15,17)(H,16,18). The molecule has 1 unspecified atom stereocenters. The average molecular weight is 295 g/mol. The maximum absolute atomic E-state index is 12.2. The van der Waals surface area contributed by atoms with Crippen molar-refractivity contribution in [2.24, 2.45) is 16.8 Å². The van der Waals surface area contributed by atoms with Gasteiger partial charge >= 0.3 is 0 Å². The second-order valence-electron chi connectivity index (χ2n) is 5.28. The molecule has 0 saturated heterocycles. The van der Waals surface area contributed by atoms with Crippen molar-refractivity contribution in [3.63, 3.8) is 0 Å². The minimum atomic E-state index is -0.379. The molecule has 1 aromatic rings. The number of carbonyl (C=O) groups excluding carboxylic acids is 1. The first-order valence-corrected chi connectivity index (χ1v) is 7.78. The molecule has 20 heavy (non-hydrogen) atoms. The molecule has 2 rings (SSSR count). The van der Waals surface area contributed by atoms with Gasteiger partial charge in [0.25, 0.3) is 5.91 Å². The van der Waals surface area contributed by atoms with Crippen molar-refractivity contribution in [2.45, 2.75) is 45.1 Å². The van der Waals surface area contributed by atoms with Crippen LogP contribution in [0.25, 0.3) is 0 Å². The number of thiophene rings is 1. The zero-order valence-corrected chi connectivity index (χ0v) is 12.4. The minimum Gasteiger partial charge on any atom is -0.409 e. The summed E-state index contributed by atoms with van der Waals surface area (Å²) >= 11 is 1.45. The Bertz CT molecular complexity index is 492. The fourth-order valence-electron chi connectivity index (χ4n) is 2.73. The van der Waals surface area contributed by atoms with Gasteiger partial charge in [-0.3, -0.25) is 4.79 Å². The Morgan fingerprint density at radius 3 is 2.70 bits per heavy atom. The molecule has 1 aromatic heterocycles. The van der Waals surface area contributed by atoms with E-state index in [0.717, 1.165) is 30.6 Å². The SMILES string of the molecule is Cc1ccc(C(=O)NC(/C(N)=N/O)C2CCCCC2)s1. The first-order chi connectivity index (χ1) is 9.61. The number of aryl methyl sites for hydroxylation is 1. The van der Waals surface area contributed by atoms with Crippen LogP contribution in [0, 0.1) is 12.8 Å². The van der Waals surface area contributed by atoms with Crippen LogP contribution in [0.4, 0.5) is 0 Å². The second kappa shape index (κ2) is 6.74. The summed E-state index contributed by atoms with van der Waals surface area (Å²) in [6, 6.07) is 3.34. The Morgan fingerprint density at radius 2 is 2.15 bits per heavy atom. The number of rotatable bonds is 4. The maximum Gasteiger partial charge on any atom is 0.261 e. The summed E-state index contributed by atoms with van der Waals surface area (Å²) in [5.74, 6) is 0.202. The van der Waals surface area contributed by atoms with Gasteiger partial charge < -0.3 is 16.3 Å². The molecule has 1 aliphatic carbocycles. The average Bonchev–Trinajstić information content (AvgIpc) is 2.91. The summed E-state index contributed by atoms with van der Waals surface area (Å²) in [6.45, 7) is 1.96. The van der Waals surface area contributed by atoms with Crippen LogP contribution < -0.4 is 11.1 Å². The lowest BCUT2D eigenvalue weighted by atomic mass is 9.83. The maximum atomic E-state index is 12.2. The van der Waals surface area contributed by atoms with Gasteiger partial charge in [0.05, 0.1) is 10.9 Å². The first-order valence-electron chi connectivity index (χ1n) is 6.96. The monoisotopic (exact) mass is 295 g/mol. The molecule has 4 N–H and O–H groups in total. The van der Waals surface area contributed by atoms with Crippen molar-refractivity contribution < 1.29 is 10.0 Å². The van der Waals surface area contributed by atoms with Gasteiger partial charge in [-0.2, -0.15) is 0 Å². The topological polar surface area (TPSA) is 87.7 Å². The van der Waals surface area contributed by atoms with Crippen LogP contribution in [0.5, 0.6) is 0 Å². The van der Waals surface area contributed by atoms with Crippen LogP contribution in [-0.4, -0.2) is 23.0 Å². The van der Waals surface area contributed by atoms with Gasteiger partial charge in [0.15, 0.2) is 5.84 Å². The van der Waals surface area contributed by atoms with E-state index in [-0.39, 0.29) is 23.7 Å². The van der Waals surface area contributed by atoms with Crippen molar-refractivity contribution in [3.05, 3.63) is 21.9 Å². The second-order valence-corrected chi connectivity index (χ2v) is 6.57. The summed E-state index contributed by atoms with van der Waals surface area (Å²) in [5.41, 5.74) is 5.77. The van der Waals surface area contributed by atoms with E-state index in [0.29, 0.717) is 4.88 Å². The van der Waals surface area contributed by atoms with Crippen LogP contribution in [0.3, 0.4) is 0 Å². The number of nitrogens with one attached hydrogen (secondary N) is 1. The molecule has 0 aliphatic heterocycles. The molecule has 1 atom stereocenters. The highest BCUT2D eigenvalue weighted by atomic mass is 32.1. The van der Waals surface area contributed by atoms with Gasteiger partial charge in [0.1, 0.15) is 0 Å². The van der Waals surface area contributed by atoms with E-state index in [4.69, 9.17) is 10.9 Å². The number of amides is 1. The molecule has 1 saturated carbocycles. The largest absolute Gasteiger partial charge is 0.409 e. The van der Waals surface area contributed by atoms with Gasteiger partial charge in [-0.05, 0) is 37.8 Å². The normalized spacial score (nSPS) is 18.8. The predicted octanol–water partition coefficient (Wildman–Crippen LogP) is 2.48. The zero-order chi connectivity index (χ0) is 14.5. The van der Waals surface area contributed by atoms with Crippen molar-refractivity contribution >= 4 is 23.1 Å². The quantitative estimate of drug-likeness (QED) is 0.345. The summed E-state index contributed by atoms with van der Waals surface area (Å²) in [6.07, 6.45) is 5.49. The molecule has 1 heterocycles. The van der Waals surface area contributed by atoms with Gasteiger partial charge in [-0.15, -0.1) is 11.3 Å². The lowest BCUT2D eigenvalue weighted by molar-refractivity contribution is 0.0934. The molecule has 0 spiro atoms. The highest BCUT2D eigenvalue weighted by molar-refractivity contribution is 7.13. The molecule has 1 amide bonds. The highest BCUT2D eigenvalue weighted by Gasteiger charge is 2.29. The Hall–Kier alpha value is -1.56. The van der Waals surface area contributed by atoms with Crippen LogP contribution in [0.15, 0.2) is 17.3 Å². The fourth-order valence-corrected chi connectivity index (χ4v) is 3.50. The first kappa shape index (κ1) is 14.8. The number of oxime groups is 1. The Labute approximate surface area is 122 Å². The van der Waals surface area contributed by atoms with Gasteiger partial charge in [0.2, 0.25) is 0 Å². The third-order valence-corrected chi connectivity index (χ3v) is 4.81. The van der Waals surface area contributed by atoms with Gasteiger partial charge in [-0.1, -0.05) is 24.4 Å². The van der Waals surface area contributed by atoms with Crippen molar-refractivity contribution in [1.29, 1.82) is 0 Å². The van der Waals surface area contributed by atoms with Crippen LogP contribution in [0.2, 0.25) is 0 Å². The van der Waals surface area contributed by atoms with Crippen LogP contribution >= 0.6 is 11.3 Å². The van der Waals surface area contributed by atoms with E-state index in [2.05, 4.69) is 10.5 Å². The van der Waals surface area contributed by atoms with Gasteiger partial charge in [0, 0.05) is 4.88 Å². The van der Waals surface area contributed by atoms with Gasteiger partial charge in [-0.25, -0.2) is 0 Å². The lowest BCUT2D eigenvalue weighted by Crippen LogP contribution is -2.49. The zero-order valence-electron chi connectivity index (χ0n) is 11.6. The Kier molecular flexibility index (Phi) is 5.00. The van der Waals surface area contributed by atoms with E-state index in [1.165, 1.54) is 17.8 Å². The van der Waals surface area contributed by atoms with Crippen molar-refractivity contribution in [2.75, 3.05) is 0 Å². The Balaban J connectivity index is 2.09. The van der Waals surface area contributed by atoms with E-state index < -0.39 is 0 Å². The number of carbonyl (C=O) groups is 1. The molecule has 5 nitrogen and oxygen atoms in total. The van der Waals surface area contributed by atoms with Crippen LogP contribution in [0.1, 0.15) is 46.7 Å². The predicted molar refractivity (Wildman–Crippen MR) is 80.3 cm³/mol. The van der Waals surface area contributed by atoms with Crippen molar-refractivity contribution in [3.8, 4) is 0 Å². The van der Waals surface area contributed by atoms with E-state index >= 15 is 0 Å². The lowest BCUT2D eigenvalue weighted by Gasteiger charge is -2.29. The molecule has 0 radical (unpaired) electrons. The van der Waals surface area contributed by atoms with E-state index in [1.54, 1.807) is 6.07 Å². The molecular formula is C14H21N3O2S. The molecule has 110 valence electrons. The highest BCUT2D eigenvalue weighted by Crippen LogP contribution is 2.27. The summed E-state index contributed by atoms with van der Waals surface area (Å²) in [7, 11) is 0. The summed E-state index contributed by atoms with van der Waals surface area (Å²) in [4.78, 5) is 14.0. The number of nitrogens with zero attached hydrogens (tertiary/aromatic N) is 1. The summed E-state index contributed by atoms with van der Waals surface area (Å²) < 4.78 is 0. The third kappa shape index (κ3) is 3.50. The summed E-state index contributed by atoms with van der Waals surface area (Å²) in [5, 5.41) is 15.0. The molecule has 0 bridgehead atoms. The number of nitrogens with two attached hydrogens (primary N) is 1. The van der Waals surface area contributed by atoms with E-state index in [1.807, 2.05) is 13.0 Å². The molecular weight excluding hydrogens is 274 g/mol. The molecule has 1 fully saturated rings. The Morgan fingerprint density at radius 1 is 1.45 bits per heavy atom. The third-order valence-electron chi connectivity index (χ3n) is 3.81. The number of amidine groups is 1. The fraction of sp³-hybridized carbons (Fsp3) is 0.571. The minimum absolute atomic E-state index is 0.0959. The van der Waals surface area contributed by atoms with Crippen molar-refractivity contribution in [1.82, 2.24) is 5.32 Å². The molecule has 1 aliphatic rings. The van der Waals surface area contributed by atoms with E-state index in [9.17, 15) is 4.79 Å². The smallest absolute Gasteiger partial charge is 0.261 e. The molecule has 6 heteroatoms.